The number of nitrogens with zero attached hydrogens (tertiary/aromatic N) is 3. The number of aromatic nitrogens is 3. The number of pyridine rings is 1. The molecule has 0 saturated heterocycles. The van der Waals surface area contributed by atoms with Crippen molar-refractivity contribution in [1.29, 1.82) is 0 Å². The van der Waals surface area contributed by atoms with Crippen LogP contribution >= 0.6 is 0 Å². The van der Waals surface area contributed by atoms with Crippen LogP contribution in [0.3, 0.4) is 0 Å². The van der Waals surface area contributed by atoms with Gasteiger partial charge >= 0.3 is 0 Å². The third-order valence-corrected chi connectivity index (χ3v) is 7.83. The molecule has 0 spiro atoms. The number of rotatable bonds is 7. The molecule has 0 saturated carbocycles. The minimum Gasteiger partial charge on any atom is -0.257 e. The maximum atomic E-state index is 5.00. The highest BCUT2D eigenvalue weighted by Crippen LogP contribution is 2.33. The van der Waals surface area contributed by atoms with E-state index in [0.29, 0.717) is 0 Å². The molecule has 0 aliphatic rings. The molecule has 0 amide bonds. The van der Waals surface area contributed by atoms with E-state index < -0.39 is 0 Å². The lowest BCUT2D eigenvalue weighted by Crippen LogP contribution is -2.01. The van der Waals surface area contributed by atoms with E-state index >= 15 is 0 Å². The smallest absolute Gasteiger partial charge is 0.160 e. The van der Waals surface area contributed by atoms with Crippen LogP contribution < -0.4 is 0 Å². The summed E-state index contributed by atoms with van der Waals surface area (Å²) in [5, 5.41) is 0. The average Bonchev–Trinajstić information content (AvgIpc) is 3.10. The molecule has 0 bridgehead atoms. The van der Waals surface area contributed by atoms with Gasteiger partial charge in [0.1, 0.15) is 0 Å². The molecule has 46 heavy (non-hydrogen) atoms. The fourth-order valence-corrected chi connectivity index (χ4v) is 5.19. The first-order valence-electron chi connectivity index (χ1n) is 15.4. The van der Waals surface area contributed by atoms with Gasteiger partial charge in [0.2, 0.25) is 0 Å². The Morgan fingerprint density at radius 3 is 1.83 bits per heavy atom. The summed E-state index contributed by atoms with van der Waals surface area (Å²) < 4.78 is 0. The van der Waals surface area contributed by atoms with E-state index in [9.17, 15) is 0 Å². The van der Waals surface area contributed by atoms with Crippen molar-refractivity contribution in [1.82, 2.24) is 15.0 Å². The second-order valence-corrected chi connectivity index (χ2v) is 11.3. The Morgan fingerprint density at radius 2 is 1.20 bits per heavy atom. The van der Waals surface area contributed by atoms with Gasteiger partial charge in [0.15, 0.2) is 5.82 Å². The molecule has 0 radical (unpaired) electrons. The van der Waals surface area contributed by atoms with E-state index in [0.717, 1.165) is 73.0 Å². The minimum atomic E-state index is 0.737. The quantitative estimate of drug-likeness (QED) is 0.172. The van der Waals surface area contributed by atoms with Crippen molar-refractivity contribution >= 4 is 16.7 Å². The fraction of sp³-hybridized carbons (Fsp3) is 0.0930. The summed E-state index contributed by atoms with van der Waals surface area (Å²) in [6, 6.07) is 43.1. The van der Waals surface area contributed by atoms with E-state index in [1.165, 1.54) is 5.56 Å². The van der Waals surface area contributed by atoms with E-state index in [1.54, 1.807) is 6.20 Å². The molecule has 226 valence electrons. The number of benzene rings is 4. The van der Waals surface area contributed by atoms with Gasteiger partial charge in [-0.3, -0.25) is 4.98 Å². The summed E-state index contributed by atoms with van der Waals surface area (Å²) in [5.74, 6) is 0.737. The molecule has 0 unspecified atom stereocenters. The Labute approximate surface area is 273 Å². The maximum Gasteiger partial charge on any atom is 0.160 e. The van der Waals surface area contributed by atoms with Crippen LogP contribution in [0, 0.1) is 13.8 Å². The average molecular weight is 598 g/mol. The Morgan fingerprint density at radius 1 is 0.587 bits per heavy atom. The largest absolute Gasteiger partial charge is 0.257 e. The van der Waals surface area contributed by atoms with Gasteiger partial charge in [-0.05, 0) is 73.7 Å². The lowest BCUT2D eigenvalue weighted by atomic mass is 9.98. The number of allylic oxidation sites excluding steroid dienone is 4. The van der Waals surface area contributed by atoms with Gasteiger partial charge in [-0.1, -0.05) is 134 Å². The van der Waals surface area contributed by atoms with Gasteiger partial charge in [-0.2, -0.15) is 0 Å². The summed E-state index contributed by atoms with van der Waals surface area (Å²) in [6.07, 6.45) is 3.87. The number of aryl methyl sites for hydroxylation is 1. The molecule has 0 fully saturated rings. The highest BCUT2D eigenvalue weighted by atomic mass is 14.9. The Balaban J connectivity index is 0.000000209. The molecule has 4 aromatic carbocycles. The summed E-state index contributed by atoms with van der Waals surface area (Å²) in [7, 11) is 0. The molecular formula is C43H39N3. The van der Waals surface area contributed by atoms with Crippen molar-refractivity contribution in [3.63, 3.8) is 0 Å². The number of hydrogen-bond acceptors (Lipinski definition) is 3. The Bertz CT molecular complexity index is 1970. The molecule has 0 aliphatic carbocycles. The van der Waals surface area contributed by atoms with E-state index in [4.69, 9.17) is 9.97 Å². The first kappa shape index (κ1) is 31.7. The van der Waals surface area contributed by atoms with Gasteiger partial charge < -0.3 is 0 Å². The van der Waals surface area contributed by atoms with Crippen LogP contribution in [0.2, 0.25) is 0 Å². The zero-order valence-corrected chi connectivity index (χ0v) is 27.0. The predicted octanol–water partition coefficient (Wildman–Crippen LogP) is 11.3. The molecule has 0 aliphatic heterocycles. The van der Waals surface area contributed by atoms with Crippen LogP contribution in [0.15, 0.2) is 153 Å². The summed E-state index contributed by atoms with van der Waals surface area (Å²) in [4.78, 5) is 14.3. The molecule has 6 aromatic rings. The lowest BCUT2D eigenvalue weighted by Gasteiger charge is -2.15. The monoisotopic (exact) mass is 597 g/mol. The normalized spacial score (nSPS) is 10.9. The maximum absolute atomic E-state index is 5.00. The summed E-state index contributed by atoms with van der Waals surface area (Å²) in [5.41, 5.74) is 13.9. The second kappa shape index (κ2) is 14.9. The molecule has 2 aromatic heterocycles. The summed E-state index contributed by atoms with van der Waals surface area (Å²) >= 11 is 0. The van der Waals surface area contributed by atoms with Crippen LogP contribution in [0.25, 0.3) is 50.6 Å². The van der Waals surface area contributed by atoms with Crippen molar-refractivity contribution in [3.05, 3.63) is 181 Å². The van der Waals surface area contributed by atoms with Gasteiger partial charge in [0, 0.05) is 28.5 Å². The second-order valence-electron chi connectivity index (χ2n) is 11.3. The van der Waals surface area contributed by atoms with Gasteiger partial charge in [-0.25, -0.2) is 9.97 Å². The third-order valence-electron chi connectivity index (χ3n) is 7.83. The molecule has 3 nitrogen and oxygen atoms in total. The molecule has 2 heterocycles. The van der Waals surface area contributed by atoms with Crippen LogP contribution in [0.1, 0.15) is 41.8 Å². The van der Waals surface area contributed by atoms with Crippen molar-refractivity contribution in [2.75, 3.05) is 0 Å². The van der Waals surface area contributed by atoms with Crippen LogP contribution in [-0.4, -0.2) is 15.0 Å². The fourth-order valence-electron chi connectivity index (χ4n) is 5.19. The zero-order chi connectivity index (χ0) is 32.5. The minimum absolute atomic E-state index is 0.737. The number of hydrogen-bond donors (Lipinski definition) is 0. The molecule has 0 N–H and O–H groups in total. The SMILES string of the molecule is C=C(/C=C(\C)c1ccccn1)c1ccccc1.C=C(C)c1ccc(-c2nc(-c3ccccc3)c(C)c(-c3ccccc3C)n2)cc1. The first-order chi connectivity index (χ1) is 22.3. The molecular weight excluding hydrogens is 558 g/mol. The van der Waals surface area contributed by atoms with Crippen molar-refractivity contribution < 1.29 is 0 Å². The van der Waals surface area contributed by atoms with Crippen LogP contribution in [0.5, 0.6) is 0 Å². The Kier molecular flexibility index (Phi) is 10.3. The van der Waals surface area contributed by atoms with E-state index in [2.05, 4.69) is 118 Å². The molecule has 0 atom stereocenters. The lowest BCUT2D eigenvalue weighted by molar-refractivity contribution is 1.14. The third kappa shape index (κ3) is 7.69. The van der Waals surface area contributed by atoms with Crippen molar-refractivity contribution in [2.24, 2.45) is 0 Å². The highest BCUT2D eigenvalue weighted by molar-refractivity contribution is 5.81. The standard InChI is InChI=1S/C27H24N2.C16H15N/c1-18(2)21-14-16-23(17-15-21)27-28-25(22-11-6-5-7-12-22)20(4)26(29-27)24-13-9-8-10-19(24)3;1-13(15-8-4-3-5-9-15)12-14(2)16-10-6-7-11-17-16/h5-17H,1H2,2-4H3;3-12H,1H2,2H3/b;14-12+. The molecule has 6 rings (SSSR count). The van der Waals surface area contributed by atoms with E-state index in [-0.39, 0.29) is 0 Å². The predicted molar refractivity (Wildman–Crippen MR) is 196 cm³/mol. The molecule has 3 heteroatoms. The highest BCUT2D eigenvalue weighted by Gasteiger charge is 2.16. The first-order valence-corrected chi connectivity index (χ1v) is 15.4. The van der Waals surface area contributed by atoms with Gasteiger partial charge in [0.25, 0.3) is 0 Å². The Hall–Kier alpha value is -5.67. The van der Waals surface area contributed by atoms with Crippen molar-refractivity contribution in [2.45, 2.75) is 27.7 Å². The topological polar surface area (TPSA) is 38.7 Å². The van der Waals surface area contributed by atoms with Crippen LogP contribution in [0.4, 0.5) is 0 Å². The zero-order valence-electron chi connectivity index (χ0n) is 27.0. The van der Waals surface area contributed by atoms with E-state index in [1.807, 2.05) is 61.5 Å². The van der Waals surface area contributed by atoms with Gasteiger partial charge in [-0.15, -0.1) is 0 Å². The van der Waals surface area contributed by atoms with Gasteiger partial charge in [0.05, 0.1) is 17.1 Å². The van der Waals surface area contributed by atoms with Crippen molar-refractivity contribution in [3.8, 4) is 33.9 Å². The van der Waals surface area contributed by atoms with Crippen LogP contribution in [-0.2, 0) is 0 Å². The summed E-state index contributed by atoms with van der Waals surface area (Å²) in [6.45, 7) is 16.4.